The number of nitrogens with two attached hydrogens (primary N) is 1. The highest BCUT2D eigenvalue weighted by atomic mass is 79.9. The highest BCUT2D eigenvalue weighted by molar-refractivity contribution is 9.10. The van der Waals surface area contributed by atoms with Crippen LogP contribution < -0.4 is 11.1 Å². The summed E-state index contributed by atoms with van der Waals surface area (Å²) in [4.78, 5) is 14.3. The molecule has 1 unspecified atom stereocenters. The van der Waals surface area contributed by atoms with Crippen LogP contribution in [0.3, 0.4) is 0 Å². The van der Waals surface area contributed by atoms with Gasteiger partial charge in [-0.25, -0.2) is 0 Å². The summed E-state index contributed by atoms with van der Waals surface area (Å²) in [6.07, 6.45) is 1.98. The van der Waals surface area contributed by atoms with Crippen molar-refractivity contribution in [2.75, 3.05) is 26.2 Å². The molecule has 21 heavy (non-hydrogen) atoms. The van der Waals surface area contributed by atoms with Crippen molar-refractivity contribution in [2.45, 2.75) is 19.4 Å². The number of amides is 1. The minimum Gasteiger partial charge on any atom is -0.355 e. The summed E-state index contributed by atoms with van der Waals surface area (Å²) in [5, 5.41) is 3.65. The predicted octanol–water partition coefficient (Wildman–Crippen LogP) is 2.39. The van der Waals surface area contributed by atoms with Crippen molar-refractivity contribution in [2.24, 2.45) is 11.7 Å². The minimum absolute atomic E-state index is 0.0521. The highest BCUT2D eigenvalue weighted by Crippen LogP contribution is 2.25. The first-order valence-corrected chi connectivity index (χ1v) is 8.41. The van der Waals surface area contributed by atoms with Crippen LogP contribution in [0.5, 0.6) is 0 Å². The number of rotatable bonds is 5. The Balaban J connectivity index is 1.94. The third-order valence-corrected chi connectivity index (χ3v) is 4.58. The molecule has 1 atom stereocenters. The fourth-order valence-electron chi connectivity index (χ4n) is 2.66. The molecule has 0 bridgehead atoms. The molecule has 0 aromatic heterocycles. The lowest BCUT2D eigenvalue weighted by atomic mass is 9.96. The van der Waals surface area contributed by atoms with Crippen molar-refractivity contribution in [3.8, 4) is 0 Å². The quantitative estimate of drug-likeness (QED) is 0.832. The molecule has 1 heterocycles. The lowest BCUT2D eigenvalue weighted by molar-refractivity contribution is -0.126. The summed E-state index contributed by atoms with van der Waals surface area (Å²) >= 11 is 9.71. The first-order chi connectivity index (χ1) is 10.1. The Morgan fingerprint density at radius 2 is 2.33 bits per heavy atom. The van der Waals surface area contributed by atoms with Crippen LogP contribution in [0.25, 0.3) is 0 Å². The van der Waals surface area contributed by atoms with Gasteiger partial charge in [0.2, 0.25) is 5.91 Å². The van der Waals surface area contributed by atoms with E-state index in [9.17, 15) is 4.79 Å². The molecule has 1 aliphatic heterocycles. The molecule has 0 saturated carbocycles. The third-order valence-electron chi connectivity index (χ3n) is 3.72. The predicted molar refractivity (Wildman–Crippen MR) is 89.2 cm³/mol. The van der Waals surface area contributed by atoms with Crippen molar-refractivity contribution in [3.05, 3.63) is 33.3 Å². The zero-order valence-corrected chi connectivity index (χ0v) is 14.3. The molecule has 1 aromatic carbocycles. The van der Waals surface area contributed by atoms with Gasteiger partial charge in [-0.1, -0.05) is 27.5 Å². The topological polar surface area (TPSA) is 58.4 Å². The average Bonchev–Trinajstić information content (AvgIpc) is 2.49. The van der Waals surface area contributed by atoms with Gasteiger partial charge in [-0.2, -0.15) is 0 Å². The van der Waals surface area contributed by atoms with Crippen LogP contribution in [0.2, 0.25) is 5.02 Å². The second-order valence-electron chi connectivity index (χ2n) is 5.39. The first kappa shape index (κ1) is 16.7. The molecule has 116 valence electrons. The molecule has 1 aromatic rings. The molecule has 0 spiro atoms. The van der Waals surface area contributed by atoms with E-state index in [0.29, 0.717) is 13.1 Å². The van der Waals surface area contributed by atoms with Crippen LogP contribution in [-0.4, -0.2) is 37.0 Å². The molecule has 0 radical (unpaired) electrons. The first-order valence-electron chi connectivity index (χ1n) is 7.24. The molecule has 4 nitrogen and oxygen atoms in total. The molecule has 1 amide bonds. The number of likely N-dealkylation sites (tertiary alicyclic amines) is 1. The smallest absolute Gasteiger partial charge is 0.224 e. The number of hydrogen-bond acceptors (Lipinski definition) is 3. The standard InChI is InChI=1S/C15H21BrClN3O/c16-13-3-4-14(17)12(8-13)10-20-7-1-2-11(9-20)15(21)19-6-5-18/h3-4,8,11H,1-2,5-7,9-10,18H2,(H,19,21). The normalized spacial score (nSPS) is 19.5. The molecule has 3 N–H and O–H groups in total. The van der Waals surface area contributed by atoms with Gasteiger partial charge in [-0.3, -0.25) is 9.69 Å². The average molecular weight is 375 g/mol. The minimum atomic E-state index is 0.0521. The molecular weight excluding hydrogens is 354 g/mol. The van der Waals surface area contributed by atoms with E-state index >= 15 is 0 Å². The van der Waals surface area contributed by atoms with Gasteiger partial charge in [0.05, 0.1) is 5.92 Å². The Morgan fingerprint density at radius 1 is 1.52 bits per heavy atom. The van der Waals surface area contributed by atoms with E-state index in [2.05, 4.69) is 26.1 Å². The Bertz CT molecular complexity index is 498. The van der Waals surface area contributed by atoms with E-state index in [4.69, 9.17) is 17.3 Å². The highest BCUT2D eigenvalue weighted by Gasteiger charge is 2.25. The Labute approximate surface area is 139 Å². The van der Waals surface area contributed by atoms with E-state index in [1.54, 1.807) is 0 Å². The zero-order chi connectivity index (χ0) is 15.2. The van der Waals surface area contributed by atoms with E-state index in [-0.39, 0.29) is 11.8 Å². The lowest BCUT2D eigenvalue weighted by Gasteiger charge is -2.32. The van der Waals surface area contributed by atoms with Crippen molar-refractivity contribution in [1.82, 2.24) is 10.2 Å². The van der Waals surface area contributed by atoms with Gasteiger partial charge in [-0.15, -0.1) is 0 Å². The summed E-state index contributed by atoms with van der Waals surface area (Å²) in [6.45, 7) is 3.59. The fraction of sp³-hybridized carbons (Fsp3) is 0.533. The summed E-state index contributed by atoms with van der Waals surface area (Å²) < 4.78 is 1.02. The zero-order valence-electron chi connectivity index (χ0n) is 11.9. The van der Waals surface area contributed by atoms with Gasteiger partial charge in [0.25, 0.3) is 0 Å². The number of carbonyl (C=O) groups is 1. The van der Waals surface area contributed by atoms with E-state index in [1.165, 1.54) is 0 Å². The molecular formula is C15H21BrClN3O. The van der Waals surface area contributed by atoms with Gasteiger partial charge in [-0.05, 0) is 43.1 Å². The largest absolute Gasteiger partial charge is 0.355 e. The summed E-state index contributed by atoms with van der Waals surface area (Å²) in [5.41, 5.74) is 6.51. The molecule has 1 aliphatic rings. The molecule has 2 rings (SSSR count). The van der Waals surface area contributed by atoms with Crippen LogP contribution in [-0.2, 0) is 11.3 Å². The maximum Gasteiger partial charge on any atom is 0.224 e. The second-order valence-corrected chi connectivity index (χ2v) is 6.71. The molecule has 0 aliphatic carbocycles. The summed E-state index contributed by atoms with van der Waals surface area (Å²) in [5.74, 6) is 0.168. The number of hydrogen-bond donors (Lipinski definition) is 2. The Hall–Kier alpha value is -0.620. The van der Waals surface area contributed by atoms with Gasteiger partial charge in [0, 0.05) is 35.7 Å². The fourth-order valence-corrected chi connectivity index (χ4v) is 3.24. The number of halogens is 2. The Morgan fingerprint density at radius 3 is 3.10 bits per heavy atom. The van der Waals surface area contributed by atoms with Crippen molar-refractivity contribution in [1.29, 1.82) is 0 Å². The molecule has 1 fully saturated rings. The maximum absolute atomic E-state index is 12.0. The van der Waals surface area contributed by atoms with E-state index < -0.39 is 0 Å². The van der Waals surface area contributed by atoms with Gasteiger partial charge >= 0.3 is 0 Å². The number of benzene rings is 1. The lowest BCUT2D eigenvalue weighted by Crippen LogP contribution is -2.43. The molecule has 6 heteroatoms. The monoisotopic (exact) mass is 373 g/mol. The van der Waals surface area contributed by atoms with Crippen molar-refractivity contribution >= 4 is 33.4 Å². The van der Waals surface area contributed by atoms with E-state index in [0.717, 1.165) is 47.5 Å². The maximum atomic E-state index is 12.0. The summed E-state index contributed by atoms with van der Waals surface area (Å²) in [6, 6.07) is 5.88. The van der Waals surface area contributed by atoms with Gasteiger partial charge in [0.15, 0.2) is 0 Å². The summed E-state index contributed by atoms with van der Waals surface area (Å²) in [7, 11) is 0. The van der Waals surface area contributed by atoms with Crippen LogP contribution in [0, 0.1) is 5.92 Å². The number of nitrogens with zero attached hydrogens (tertiary/aromatic N) is 1. The third kappa shape index (κ3) is 4.95. The van der Waals surface area contributed by atoms with Gasteiger partial charge < -0.3 is 11.1 Å². The number of carbonyl (C=O) groups excluding carboxylic acids is 1. The van der Waals surface area contributed by atoms with Crippen LogP contribution >= 0.6 is 27.5 Å². The second kappa shape index (κ2) is 8.13. The van der Waals surface area contributed by atoms with Crippen LogP contribution in [0.4, 0.5) is 0 Å². The van der Waals surface area contributed by atoms with E-state index in [1.807, 2.05) is 18.2 Å². The van der Waals surface area contributed by atoms with Crippen molar-refractivity contribution < 1.29 is 4.79 Å². The van der Waals surface area contributed by atoms with Gasteiger partial charge in [0.1, 0.15) is 0 Å². The number of piperidine rings is 1. The number of nitrogens with one attached hydrogen (secondary N) is 1. The molecule has 1 saturated heterocycles. The Kier molecular flexibility index (Phi) is 6.48. The SMILES string of the molecule is NCCNC(=O)C1CCCN(Cc2cc(Br)ccc2Cl)C1. The van der Waals surface area contributed by atoms with Crippen molar-refractivity contribution in [3.63, 3.8) is 0 Å². The van der Waals surface area contributed by atoms with Crippen LogP contribution in [0.1, 0.15) is 18.4 Å². The van der Waals surface area contributed by atoms with Crippen LogP contribution in [0.15, 0.2) is 22.7 Å².